The molecule has 1 saturated heterocycles. The highest BCUT2D eigenvalue weighted by Crippen LogP contribution is 2.17. The zero-order valence-electron chi connectivity index (χ0n) is 8.50. The first-order chi connectivity index (χ1) is 7.66. The van der Waals surface area contributed by atoms with Gasteiger partial charge in [0.2, 0.25) is 0 Å². The van der Waals surface area contributed by atoms with Crippen molar-refractivity contribution in [3.05, 3.63) is 29.8 Å². The molecule has 3 nitrogen and oxygen atoms in total. The summed E-state index contributed by atoms with van der Waals surface area (Å²) in [5.74, 6) is -2.23. The maximum absolute atomic E-state index is 12.8. The number of halogens is 2. The van der Waals surface area contributed by atoms with Crippen LogP contribution in [0.3, 0.4) is 0 Å². The Labute approximate surface area is 91.4 Å². The SMILES string of the molecule is O=C(Nc1ccc(F)c(F)c1)[C@H]1CCCO1. The third-order valence-corrected chi connectivity index (χ3v) is 2.41. The summed E-state index contributed by atoms with van der Waals surface area (Å²) in [6.45, 7) is 0.565. The minimum Gasteiger partial charge on any atom is -0.368 e. The van der Waals surface area contributed by atoms with Crippen molar-refractivity contribution in [3.63, 3.8) is 0 Å². The standard InChI is InChI=1S/C11H11F2NO2/c12-8-4-3-7(6-9(8)13)14-11(15)10-2-1-5-16-10/h3-4,6,10H,1-2,5H2,(H,14,15)/t10-/m1/s1. The van der Waals surface area contributed by atoms with Crippen LogP contribution in [0.25, 0.3) is 0 Å². The van der Waals surface area contributed by atoms with Gasteiger partial charge in [-0.05, 0) is 25.0 Å². The lowest BCUT2D eigenvalue weighted by molar-refractivity contribution is -0.124. The number of carbonyl (C=O) groups is 1. The molecule has 0 saturated carbocycles. The van der Waals surface area contributed by atoms with E-state index >= 15 is 0 Å². The molecule has 0 radical (unpaired) electrons. The number of carbonyl (C=O) groups excluding carboxylic acids is 1. The quantitative estimate of drug-likeness (QED) is 0.840. The lowest BCUT2D eigenvalue weighted by atomic mass is 10.2. The molecule has 1 aromatic carbocycles. The lowest BCUT2D eigenvalue weighted by Crippen LogP contribution is -2.26. The van der Waals surface area contributed by atoms with E-state index in [2.05, 4.69) is 5.32 Å². The van der Waals surface area contributed by atoms with Gasteiger partial charge in [-0.25, -0.2) is 8.78 Å². The molecular formula is C11H11F2NO2. The summed E-state index contributed by atoms with van der Waals surface area (Å²) in [6.07, 6.45) is 1.03. The molecule has 1 aromatic rings. The number of benzene rings is 1. The molecule has 2 rings (SSSR count). The predicted octanol–water partition coefficient (Wildman–Crippen LogP) is 2.08. The Morgan fingerprint density at radius 1 is 1.38 bits per heavy atom. The zero-order chi connectivity index (χ0) is 11.5. The Morgan fingerprint density at radius 3 is 2.81 bits per heavy atom. The van der Waals surface area contributed by atoms with E-state index in [1.54, 1.807) is 0 Å². The number of anilines is 1. The van der Waals surface area contributed by atoms with Gasteiger partial charge in [-0.3, -0.25) is 4.79 Å². The zero-order valence-corrected chi connectivity index (χ0v) is 8.50. The number of hydrogen-bond donors (Lipinski definition) is 1. The van der Waals surface area contributed by atoms with Crippen molar-refractivity contribution in [1.29, 1.82) is 0 Å². The third kappa shape index (κ3) is 2.36. The highest BCUT2D eigenvalue weighted by Gasteiger charge is 2.23. The summed E-state index contributed by atoms with van der Waals surface area (Å²) in [5.41, 5.74) is 0.236. The monoisotopic (exact) mass is 227 g/mol. The van der Waals surface area contributed by atoms with Gasteiger partial charge >= 0.3 is 0 Å². The minimum atomic E-state index is -0.981. The van der Waals surface area contributed by atoms with Gasteiger partial charge in [0.15, 0.2) is 11.6 Å². The summed E-state index contributed by atoms with van der Waals surface area (Å²) < 4.78 is 30.6. The third-order valence-electron chi connectivity index (χ3n) is 2.41. The highest BCUT2D eigenvalue weighted by molar-refractivity contribution is 5.94. The highest BCUT2D eigenvalue weighted by atomic mass is 19.2. The molecule has 86 valence electrons. The molecule has 0 unspecified atom stereocenters. The average Bonchev–Trinajstić information content (AvgIpc) is 2.77. The number of nitrogens with one attached hydrogen (secondary N) is 1. The van der Waals surface area contributed by atoms with Crippen molar-refractivity contribution < 1.29 is 18.3 Å². The molecule has 1 atom stereocenters. The Kier molecular flexibility index (Phi) is 3.14. The molecule has 0 aromatic heterocycles. The summed E-state index contributed by atoms with van der Waals surface area (Å²) in [7, 11) is 0. The van der Waals surface area contributed by atoms with E-state index in [9.17, 15) is 13.6 Å². The van der Waals surface area contributed by atoms with Crippen molar-refractivity contribution in [2.75, 3.05) is 11.9 Å². The summed E-state index contributed by atoms with van der Waals surface area (Å²) in [4.78, 5) is 11.6. The molecule has 1 heterocycles. The molecule has 0 bridgehead atoms. The van der Waals surface area contributed by atoms with Crippen molar-refractivity contribution in [2.24, 2.45) is 0 Å². The molecule has 1 aliphatic heterocycles. The molecule has 1 fully saturated rings. The molecule has 1 N–H and O–H groups in total. The van der Waals surface area contributed by atoms with E-state index < -0.39 is 17.7 Å². The molecular weight excluding hydrogens is 216 g/mol. The van der Waals surface area contributed by atoms with E-state index in [0.29, 0.717) is 13.0 Å². The number of amides is 1. The van der Waals surface area contributed by atoms with Gasteiger partial charge in [0.25, 0.3) is 5.91 Å². The van der Waals surface area contributed by atoms with Crippen LogP contribution in [0, 0.1) is 11.6 Å². The van der Waals surface area contributed by atoms with Crippen LogP contribution in [-0.2, 0) is 9.53 Å². The van der Waals surface area contributed by atoms with Crippen LogP contribution in [0.2, 0.25) is 0 Å². The Hall–Kier alpha value is -1.49. The molecule has 5 heteroatoms. The number of hydrogen-bond acceptors (Lipinski definition) is 2. The normalized spacial score (nSPS) is 19.8. The molecule has 0 aliphatic carbocycles. The molecule has 16 heavy (non-hydrogen) atoms. The number of rotatable bonds is 2. The van der Waals surface area contributed by atoms with Crippen LogP contribution in [0.15, 0.2) is 18.2 Å². The Morgan fingerprint density at radius 2 is 2.19 bits per heavy atom. The fraction of sp³-hybridized carbons (Fsp3) is 0.364. The maximum atomic E-state index is 12.8. The average molecular weight is 227 g/mol. The Bertz CT molecular complexity index is 403. The second kappa shape index (κ2) is 4.57. The van der Waals surface area contributed by atoms with Crippen molar-refractivity contribution in [3.8, 4) is 0 Å². The first-order valence-corrected chi connectivity index (χ1v) is 5.04. The lowest BCUT2D eigenvalue weighted by Gasteiger charge is -2.10. The van der Waals surface area contributed by atoms with E-state index in [4.69, 9.17) is 4.74 Å². The summed E-state index contributed by atoms with van der Waals surface area (Å²) in [6, 6.07) is 3.23. The van der Waals surface area contributed by atoms with E-state index in [1.807, 2.05) is 0 Å². The van der Waals surface area contributed by atoms with Crippen molar-refractivity contribution in [2.45, 2.75) is 18.9 Å². The van der Waals surface area contributed by atoms with Crippen molar-refractivity contribution >= 4 is 11.6 Å². The van der Waals surface area contributed by atoms with E-state index in [1.165, 1.54) is 6.07 Å². The Balaban J connectivity index is 2.02. The van der Waals surface area contributed by atoms with Gasteiger partial charge in [0.1, 0.15) is 6.10 Å². The van der Waals surface area contributed by atoms with Crippen LogP contribution in [-0.4, -0.2) is 18.6 Å². The molecule has 0 spiro atoms. The smallest absolute Gasteiger partial charge is 0.253 e. The largest absolute Gasteiger partial charge is 0.368 e. The van der Waals surface area contributed by atoms with E-state index in [-0.39, 0.29) is 11.6 Å². The van der Waals surface area contributed by atoms with Crippen LogP contribution in [0.4, 0.5) is 14.5 Å². The van der Waals surface area contributed by atoms with Crippen LogP contribution in [0.1, 0.15) is 12.8 Å². The first-order valence-electron chi connectivity index (χ1n) is 5.04. The summed E-state index contributed by atoms with van der Waals surface area (Å²) in [5, 5.41) is 2.48. The predicted molar refractivity (Wildman–Crippen MR) is 54.0 cm³/mol. The second-order valence-electron chi connectivity index (χ2n) is 3.62. The van der Waals surface area contributed by atoms with Crippen LogP contribution < -0.4 is 5.32 Å². The number of ether oxygens (including phenoxy) is 1. The van der Waals surface area contributed by atoms with Gasteiger partial charge in [-0.1, -0.05) is 0 Å². The van der Waals surface area contributed by atoms with Gasteiger partial charge in [0.05, 0.1) is 0 Å². The summed E-state index contributed by atoms with van der Waals surface area (Å²) >= 11 is 0. The van der Waals surface area contributed by atoms with Crippen molar-refractivity contribution in [1.82, 2.24) is 0 Å². The fourth-order valence-corrected chi connectivity index (χ4v) is 1.58. The van der Waals surface area contributed by atoms with Crippen LogP contribution >= 0.6 is 0 Å². The maximum Gasteiger partial charge on any atom is 0.253 e. The van der Waals surface area contributed by atoms with Gasteiger partial charge in [-0.15, -0.1) is 0 Å². The first kappa shape index (κ1) is 11.0. The molecule has 1 amide bonds. The van der Waals surface area contributed by atoms with Gasteiger partial charge in [-0.2, -0.15) is 0 Å². The fourth-order valence-electron chi connectivity index (χ4n) is 1.58. The molecule has 1 aliphatic rings. The van der Waals surface area contributed by atoms with Gasteiger partial charge in [0, 0.05) is 18.4 Å². The van der Waals surface area contributed by atoms with Crippen LogP contribution in [0.5, 0.6) is 0 Å². The second-order valence-corrected chi connectivity index (χ2v) is 3.62. The van der Waals surface area contributed by atoms with E-state index in [0.717, 1.165) is 18.6 Å². The minimum absolute atomic E-state index is 0.236. The van der Waals surface area contributed by atoms with Gasteiger partial charge < -0.3 is 10.1 Å². The topological polar surface area (TPSA) is 38.3 Å².